The second kappa shape index (κ2) is 3.96. The summed E-state index contributed by atoms with van der Waals surface area (Å²) in [6, 6.07) is 0.167. The lowest BCUT2D eigenvalue weighted by Gasteiger charge is -2.54. The van der Waals surface area contributed by atoms with Gasteiger partial charge in [-0.05, 0) is 38.0 Å². The van der Waals surface area contributed by atoms with Gasteiger partial charge >= 0.3 is 6.03 Å². The first kappa shape index (κ1) is 11.5. The smallest absolute Gasteiger partial charge is 0.320 e. The fourth-order valence-electron chi connectivity index (χ4n) is 3.02. The molecule has 2 fully saturated rings. The zero-order valence-electron chi connectivity index (χ0n) is 10.9. The highest BCUT2D eigenvalue weighted by Crippen LogP contribution is 2.55. The topological polar surface area (TPSA) is 71.8 Å². The van der Waals surface area contributed by atoms with Gasteiger partial charge in [0.1, 0.15) is 0 Å². The molecule has 0 aliphatic heterocycles. The Hall–Kier alpha value is -1.59. The van der Waals surface area contributed by atoms with Gasteiger partial charge in [0.15, 0.2) is 5.82 Å². The van der Waals surface area contributed by atoms with Crippen molar-refractivity contribution in [1.29, 1.82) is 0 Å². The Balaban J connectivity index is 1.49. The van der Waals surface area contributed by atoms with Crippen LogP contribution in [0.25, 0.3) is 0 Å². The van der Waals surface area contributed by atoms with Crippen molar-refractivity contribution >= 4 is 11.8 Å². The van der Waals surface area contributed by atoms with Crippen LogP contribution in [0.4, 0.5) is 10.6 Å². The number of aromatic nitrogens is 3. The molecule has 0 atom stereocenters. The monoisotopic (exact) mass is 249 g/mol. The molecule has 6 heteroatoms. The van der Waals surface area contributed by atoms with Gasteiger partial charge in [0.2, 0.25) is 0 Å². The van der Waals surface area contributed by atoms with Crippen LogP contribution in [0.1, 0.15) is 37.8 Å². The van der Waals surface area contributed by atoms with Gasteiger partial charge in [-0.3, -0.25) is 10.00 Å². The van der Waals surface area contributed by atoms with Gasteiger partial charge in [-0.25, -0.2) is 4.79 Å². The standard InChI is InChI=1S/C12H19N5O/c1-8-10(15-16-17(8)2)14-11(18)13-9-6-12(7-9)4-3-5-12/h9H,3-7H2,1-2H3,(H2,13,14,18). The lowest BCUT2D eigenvalue weighted by Crippen LogP contribution is -2.54. The largest absolute Gasteiger partial charge is 0.335 e. The van der Waals surface area contributed by atoms with Crippen molar-refractivity contribution < 1.29 is 4.79 Å². The molecule has 0 aromatic carbocycles. The summed E-state index contributed by atoms with van der Waals surface area (Å²) in [6.45, 7) is 1.88. The van der Waals surface area contributed by atoms with Crippen molar-refractivity contribution in [2.24, 2.45) is 12.5 Å². The Morgan fingerprint density at radius 3 is 2.67 bits per heavy atom. The van der Waals surface area contributed by atoms with Crippen LogP contribution >= 0.6 is 0 Å². The quantitative estimate of drug-likeness (QED) is 0.835. The van der Waals surface area contributed by atoms with Crippen LogP contribution in [0.5, 0.6) is 0 Å². The average Bonchev–Trinajstić information content (AvgIpc) is 2.52. The molecule has 6 nitrogen and oxygen atoms in total. The summed E-state index contributed by atoms with van der Waals surface area (Å²) in [5, 5.41) is 13.5. The molecule has 1 aromatic heterocycles. The molecule has 3 rings (SSSR count). The third-order valence-electron chi connectivity index (χ3n) is 4.45. The van der Waals surface area contributed by atoms with Crippen molar-refractivity contribution in [1.82, 2.24) is 20.3 Å². The van der Waals surface area contributed by atoms with E-state index in [1.165, 1.54) is 19.3 Å². The van der Waals surface area contributed by atoms with Gasteiger partial charge < -0.3 is 5.32 Å². The van der Waals surface area contributed by atoms with Crippen molar-refractivity contribution in [3.05, 3.63) is 5.69 Å². The molecule has 2 aliphatic rings. The van der Waals surface area contributed by atoms with E-state index in [0.29, 0.717) is 17.3 Å². The molecule has 0 radical (unpaired) electrons. The molecule has 18 heavy (non-hydrogen) atoms. The third kappa shape index (κ3) is 1.85. The van der Waals surface area contributed by atoms with Gasteiger partial charge in [-0.1, -0.05) is 11.6 Å². The van der Waals surface area contributed by atoms with Crippen LogP contribution in [0.3, 0.4) is 0 Å². The number of nitrogens with one attached hydrogen (secondary N) is 2. The van der Waals surface area contributed by atoms with Crippen LogP contribution in [0, 0.1) is 12.3 Å². The maximum Gasteiger partial charge on any atom is 0.320 e. The molecular formula is C12H19N5O. The minimum Gasteiger partial charge on any atom is -0.335 e. The van der Waals surface area contributed by atoms with E-state index in [9.17, 15) is 4.79 Å². The van der Waals surface area contributed by atoms with Crippen LogP contribution < -0.4 is 10.6 Å². The van der Waals surface area contributed by atoms with Gasteiger partial charge in [-0.15, -0.1) is 5.10 Å². The Kier molecular flexibility index (Phi) is 2.53. The van der Waals surface area contributed by atoms with Crippen LogP contribution in [0.15, 0.2) is 0 Å². The zero-order chi connectivity index (χ0) is 12.8. The molecule has 2 aliphatic carbocycles. The summed E-state index contributed by atoms with van der Waals surface area (Å²) in [6.07, 6.45) is 6.32. The zero-order valence-corrected chi connectivity index (χ0v) is 10.9. The van der Waals surface area contributed by atoms with Gasteiger partial charge in [0, 0.05) is 13.1 Å². The average molecular weight is 249 g/mol. The minimum atomic E-state index is -0.169. The highest BCUT2D eigenvalue weighted by Gasteiger charge is 2.48. The summed E-state index contributed by atoms with van der Waals surface area (Å²) < 4.78 is 1.64. The molecule has 2 amide bonds. The van der Waals surface area contributed by atoms with E-state index in [2.05, 4.69) is 20.9 Å². The van der Waals surface area contributed by atoms with E-state index >= 15 is 0 Å². The number of carbonyl (C=O) groups is 1. The number of rotatable bonds is 2. The van der Waals surface area contributed by atoms with Crippen LogP contribution in [-0.2, 0) is 7.05 Å². The second-order valence-electron chi connectivity index (χ2n) is 5.70. The summed E-state index contributed by atoms with van der Waals surface area (Å²) in [5.41, 5.74) is 1.44. The second-order valence-corrected chi connectivity index (χ2v) is 5.70. The predicted octanol–water partition coefficient (Wildman–Crippen LogP) is 1.58. The number of amides is 2. The first-order valence-corrected chi connectivity index (χ1v) is 6.52. The predicted molar refractivity (Wildman–Crippen MR) is 67.2 cm³/mol. The van der Waals surface area contributed by atoms with E-state index in [1.54, 1.807) is 11.7 Å². The number of hydrogen-bond acceptors (Lipinski definition) is 3. The van der Waals surface area contributed by atoms with Crippen molar-refractivity contribution in [2.45, 2.75) is 45.1 Å². The normalized spacial score (nSPS) is 21.2. The molecule has 0 saturated heterocycles. The molecule has 0 bridgehead atoms. The number of carbonyl (C=O) groups excluding carboxylic acids is 1. The highest BCUT2D eigenvalue weighted by atomic mass is 16.2. The van der Waals surface area contributed by atoms with Crippen LogP contribution in [0.2, 0.25) is 0 Å². The van der Waals surface area contributed by atoms with Gasteiger partial charge in [-0.2, -0.15) is 0 Å². The van der Waals surface area contributed by atoms with Gasteiger partial charge in [0.05, 0.1) is 5.69 Å². The first-order valence-electron chi connectivity index (χ1n) is 6.52. The molecule has 0 unspecified atom stereocenters. The molecule has 1 aromatic rings. The van der Waals surface area contributed by atoms with Crippen molar-refractivity contribution in [3.8, 4) is 0 Å². The van der Waals surface area contributed by atoms with Crippen LogP contribution in [-0.4, -0.2) is 27.1 Å². The number of hydrogen-bond donors (Lipinski definition) is 2. The highest BCUT2D eigenvalue weighted by molar-refractivity contribution is 5.88. The summed E-state index contributed by atoms with van der Waals surface area (Å²) in [7, 11) is 1.80. The van der Waals surface area contributed by atoms with E-state index in [1.807, 2.05) is 6.92 Å². The van der Waals surface area contributed by atoms with E-state index in [-0.39, 0.29) is 6.03 Å². The molecule has 2 saturated carbocycles. The summed E-state index contributed by atoms with van der Waals surface area (Å²) >= 11 is 0. The van der Waals surface area contributed by atoms with E-state index < -0.39 is 0 Å². The summed E-state index contributed by atoms with van der Waals surface area (Å²) in [5.74, 6) is 0.535. The van der Waals surface area contributed by atoms with Crippen molar-refractivity contribution in [3.63, 3.8) is 0 Å². The number of anilines is 1. The number of aryl methyl sites for hydroxylation is 1. The molecular weight excluding hydrogens is 230 g/mol. The number of urea groups is 1. The molecule has 1 spiro atoms. The fourth-order valence-corrected chi connectivity index (χ4v) is 3.02. The minimum absolute atomic E-state index is 0.169. The lowest BCUT2D eigenvalue weighted by molar-refractivity contribution is 0.00286. The molecule has 1 heterocycles. The fraction of sp³-hybridized carbons (Fsp3) is 0.750. The maximum atomic E-state index is 11.8. The molecule has 98 valence electrons. The number of nitrogens with zero attached hydrogens (tertiary/aromatic N) is 3. The summed E-state index contributed by atoms with van der Waals surface area (Å²) in [4.78, 5) is 11.8. The molecule has 2 N–H and O–H groups in total. The van der Waals surface area contributed by atoms with Gasteiger partial charge in [0.25, 0.3) is 0 Å². The Morgan fingerprint density at radius 1 is 1.44 bits per heavy atom. The Bertz CT molecular complexity index is 469. The first-order chi connectivity index (χ1) is 8.58. The third-order valence-corrected chi connectivity index (χ3v) is 4.45. The van der Waals surface area contributed by atoms with E-state index in [4.69, 9.17) is 0 Å². The van der Waals surface area contributed by atoms with E-state index in [0.717, 1.165) is 18.5 Å². The maximum absolute atomic E-state index is 11.8. The Morgan fingerprint density at radius 2 is 2.17 bits per heavy atom. The van der Waals surface area contributed by atoms with Crippen molar-refractivity contribution in [2.75, 3.05) is 5.32 Å². The Labute approximate surface area is 106 Å². The lowest BCUT2D eigenvalue weighted by atomic mass is 9.54. The SMILES string of the molecule is Cc1c(NC(=O)NC2CC3(CCC3)C2)nnn1C.